The molecule has 0 N–H and O–H groups in total. The van der Waals surface area contributed by atoms with Gasteiger partial charge in [-0.25, -0.2) is 4.39 Å². The average Bonchev–Trinajstić information content (AvgIpc) is 2.44. The Labute approximate surface area is 112 Å². The summed E-state index contributed by atoms with van der Waals surface area (Å²) >= 11 is 0. The Hall–Kier alpha value is -2.16. The van der Waals surface area contributed by atoms with Crippen molar-refractivity contribution in [3.8, 4) is 0 Å². The lowest BCUT2D eigenvalue weighted by atomic mass is 10.1. The lowest BCUT2D eigenvalue weighted by Gasteiger charge is -2.02. The van der Waals surface area contributed by atoms with Gasteiger partial charge in [-0.1, -0.05) is 48.5 Å². The Balaban J connectivity index is 1.89. The molecule has 0 fully saturated rings. The highest BCUT2D eigenvalue weighted by Gasteiger charge is 1.95. The molecule has 0 atom stereocenters. The highest BCUT2D eigenvalue weighted by atomic mass is 19.1. The molecule has 2 aromatic rings. The van der Waals surface area contributed by atoms with Crippen molar-refractivity contribution in [3.05, 3.63) is 71.0 Å². The maximum absolute atomic E-state index is 12.9. The summed E-state index contributed by atoms with van der Waals surface area (Å²) < 4.78 is 12.9. The zero-order valence-corrected chi connectivity index (χ0v) is 10.8. The second kappa shape index (κ2) is 6.69. The van der Waals surface area contributed by atoms with Gasteiger partial charge in [-0.2, -0.15) is 0 Å². The number of aryl methyl sites for hydroxylation is 1. The van der Waals surface area contributed by atoms with E-state index in [2.05, 4.69) is 30.4 Å². The second-order valence-corrected chi connectivity index (χ2v) is 4.16. The van der Waals surface area contributed by atoms with E-state index < -0.39 is 0 Å². The van der Waals surface area contributed by atoms with Gasteiger partial charge in [-0.05, 0) is 29.7 Å². The van der Waals surface area contributed by atoms with Crippen LogP contribution in [-0.2, 0) is 17.9 Å². The van der Waals surface area contributed by atoms with Crippen molar-refractivity contribution < 1.29 is 9.23 Å². The molecule has 19 heavy (non-hydrogen) atoms. The number of hydrogen-bond acceptors (Lipinski definition) is 2. The molecular weight excluding hydrogens is 241 g/mol. The summed E-state index contributed by atoms with van der Waals surface area (Å²) in [4.78, 5) is 5.15. The third-order valence-electron chi connectivity index (χ3n) is 2.69. The van der Waals surface area contributed by atoms with Crippen LogP contribution in [0.1, 0.15) is 23.6 Å². The van der Waals surface area contributed by atoms with E-state index in [0.717, 1.165) is 12.0 Å². The third-order valence-corrected chi connectivity index (χ3v) is 2.69. The van der Waals surface area contributed by atoms with Gasteiger partial charge in [0.1, 0.15) is 18.6 Å². The largest absolute Gasteiger partial charge is 0.390 e. The molecule has 0 aliphatic heterocycles. The van der Waals surface area contributed by atoms with E-state index in [4.69, 9.17) is 4.84 Å². The van der Waals surface area contributed by atoms with Gasteiger partial charge in [-0.3, -0.25) is 0 Å². The molecule has 97 valence electrons. The van der Waals surface area contributed by atoms with Crippen LogP contribution in [0.25, 0.3) is 0 Å². The molecule has 2 rings (SSSR count). The molecule has 0 heterocycles. The molecule has 0 aliphatic rings. The van der Waals surface area contributed by atoms with E-state index in [1.165, 1.54) is 17.7 Å². The molecule has 0 aromatic heterocycles. The smallest absolute Gasteiger partial charge is 0.142 e. The fourth-order valence-electron chi connectivity index (χ4n) is 1.69. The van der Waals surface area contributed by atoms with Gasteiger partial charge in [0.2, 0.25) is 0 Å². The summed E-state index contributed by atoms with van der Waals surface area (Å²) in [7, 11) is 0. The molecule has 0 spiro atoms. The molecule has 2 aromatic carbocycles. The van der Waals surface area contributed by atoms with Gasteiger partial charge in [0.25, 0.3) is 0 Å². The van der Waals surface area contributed by atoms with Gasteiger partial charge in [0.05, 0.1) is 0 Å². The fraction of sp³-hybridized carbons (Fsp3) is 0.188. The van der Waals surface area contributed by atoms with E-state index in [-0.39, 0.29) is 5.82 Å². The van der Waals surface area contributed by atoms with Gasteiger partial charge in [0.15, 0.2) is 0 Å². The lowest BCUT2D eigenvalue weighted by Crippen LogP contribution is -1.90. The zero-order chi connectivity index (χ0) is 13.5. The van der Waals surface area contributed by atoms with Crippen LogP contribution in [-0.4, -0.2) is 6.21 Å². The summed E-state index contributed by atoms with van der Waals surface area (Å²) in [5, 5.41) is 3.72. The van der Waals surface area contributed by atoms with Crippen molar-refractivity contribution >= 4 is 6.21 Å². The molecule has 0 bridgehead atoms. The average molecular weight is 256 g/mol. The van der Waals surface area contributed by atoms with Crippen molar-refractivity contribution in [2.75, 3.05) is 0 Å². The molecule has 0 unspecified atom stereocenters. The van der Waals surface area contributed by atoms with Crippen LogP contribution >= 0.6 is 0 Å². The zero-order valence-electron chi connectivity index (χ0n) is 10.8. The van der Waals surface area contributed by atoms with Crippen molar-refractivity contribution in [2.45, 2.75) is 20.0 Å². The van der Waals surface area contributed by atoms with Crippen molar-refractivity contribution in [1.29, 1.82) is 0 Å². The van der Waals surface area contributed by atoms with Gasteiger partial charge >= 0.3 is 0 Å². The first kappa shape index (κ1) is 13.3. The second-order valence-electron chi connectivity index (χ2n) is 4.16. The Morgan fingerprint density at radius 2 is 1.89 bits per heavy atom. The van der Waals surface area contributed by atoms with Crippen molar-refractivity contribution in [1.82, 2.24) is 0 Å². The normalized spacial score (nSPS) is 10.8. The van der Waals surface area contributed by atoms with Crippen LogP contribution in [0.3, 0.4) is 0 Å². The summed E-state index contributed by atoms with van der Waals surface area (Å²) in [6, 6.07) is 14.2. The van der Waals surface area contributed by atoms with Crippen LogP contribution < -0.4 is 0 Å². The van der Waals surface area contributed by atoms with Crippen molar-refractivity contribution in [3.63, 3.8) is 0 Å². The van der Waals surface area contributed by atoms with E-state index in [0.29, 0.717) is 12.2 Å². The summed E-state index contributed by atoms with van der Waals surface area (Å²) in [5.74, 6) is -0.309. The SMILES string of the molecule is CCc1cccc(CO/N=[C]\c2cccc(F)c2)c1. The summed E-state index contributed by atoms with van der Waals surface area (Å²) in [5.41, 5.74) is 2.88. The first-order valence-corrected chi connectivity index (χ1v) is 6.19. The van der Waals surface area contributed by atoms with E-state index in [1.54, 1.807) is 12.1 Å². The quantitative estimate of drug-likeness (QED) is 0.588. The third kappa shape index (κ3) is 4.21. The van der Waals surface area contributed by atoms with Gasteiger partial charge in [-0.15, -0.1) is 0 Å². The first-order valence-electron chi connectivity index (χ1n) is 6.19. The highest BCUT2D eigenvalue weighted by molar-refractivity contribution is 5.78. The number of rotatable bonds is 5. The molecule has 0 saturated carbocycles. The first-order chi connectivity index (χ1) is 9.28. The van der Waals surface area contributed by atoms with Gasteiger partial charge < -0.3 is 4.84 Å². The van der Waals surface area contributed by atoms with Crippen LogP contribution in [0, 0.1) is 5.82 Å². The monoisotopic (exact) mass is 256 g/mol. The topological polar surface area (TPSA) is 21.6 Å². The minimum atomic E-state index is -0.309. The number of nitrogens with zero attached hydrogens (tertiary/aromatic N) is 1. The molecule has 0 amide bonds. The Morgan fingerprint density at radius 1 is 1.11 bits per heavy atom. The van der Waals surface area contributed by atoms with Crippen LogP contribution in [0.2, 0.25) is 0 Å². The molecule has 0 aliphatic carbocycles. The maximum Gasteiger partial charge on any atom is 0.142 e. The van der Waals surface area contributed by atoms with Crippen LogP contribution in [0.5, 0.6) is 0 Å². The predicted molar refractivity (Wildman–Crippen MR) is 73.5 cm³/mol. The van der Waals surface area contributed by atoms with Crippen molar-refractivity contribution in [2.24, 2.45) is 5.16 Å². The Bertz CT molecular complexity index is 566. The van der Waals surface area contributed by atoms with E-state index >= 15 is 0 Å². The minimum absolute atomic E-state index is 0.309. The number of hydrogen-bond donors (Lipinski definition) is 0. The maximum atomic E-state index is 12.9. The highest BCUT2D eigenvalue weighted by Crippen LogP contribution is 2.07. The van der Waals surface area contributed by atoms with Gasteiger partial charge in [0, 0.05) is 5.56 Å². The molecular formula is C16H15FNO. The van der Waals surface area contributed by atoms with Crippen LogP contribution in [0.4, 0.5) is 4.39 Å². The van der Waals surface area contributed by atoms with E-state index in [9.17, 15) is 4.39 Å². The minimum Gasteiger partial charge on any atom is -0.390 e. The Kier molecular flexibility index (Phi) is 4.67. The van der Waals surface area contributed by atoms with E-state index in [1.807, 2.05) is 12.1 Å². The molecule has 1 radical (unpaired) electrons. The predicted octanol–water partition coefficient (Wildman–Crippen LogP) is 3.82. The molecule has 3 heteroatoms. The fourth-order valence-corrected chi connectivity index (χ4v) is 1.69. The lowest BCUT2D eigenvalue weighted by molar-refractivity contribution is 0.132. The standard InChI is InChI=1S/C16H15FNO/c1-2-13-5-3-7-15(9-13)12-19-18-11-14-6-4-8-16(17)10-14/h3-10H,2,12H2,1H3. The molecule has 2 nitrogen and oxygen atoms in total. The number of benzene rings is 2. The molecule has 0 saturated heterocycles. The number of halogens is 1. The summed E-state index contributed by atoms with van der Waals surface area (Å²) in [6.07, 6.45) is 3.64. The Morgan fingerprint density at radius 3 is 2.68 bits per heavy atom. The summed E-state index contributed by atoms with van der Waals surface area (Å²) in [6.45, 7) is 2.49. The van der Waals surface area contributed by atoms with Crippen LogP contribution in [0.15, 0.2) is 53.7 Å².